The Morgan fingerprint density at radius 3 is 2.75 bits per heavy atom. The lowest BCUT2D eigenvalue weighted by Gasteiger charge is -2.11. The van der Waals surface area contributed by atoms with E-state index in [1.807, 2.05) is 0 Å². The quantitative estimate of drug-likeness (QED) is 0.762. The largest absolute Gasteiger partial charge is 0.504 e. The average molecular weight is 227 g/mol. The highest BCUT2D eigenvalue weighted by Gasteiger charge is 2.21. The number of carbonyl (C=O) groups excluding carboxylic acids is 1. The van der Waals surface area contributed by atoms with Gasteiger partial charge < -0.3 is 15.6 Å². The van der Waals surface area contributed by atoms with Gasteiger partial charge in [-0.05, 0) is 25.1 Å². The molecule has 16 heavy (non-hydrogen) atoms. The predicted octanol–water partition coefficient (Wildman–Crippen LogP) is 1.38. The van der Waals surface area contributed by atoms with Crippen molar-refractivity contribution in [3.8, 4) is 11.5 Å². The van der Waals surface area contributed by atoms with Gasteiger partial charge in [0.1, 0.15) is 0 Å². The van der Waals surface area contributed by atoms with Crippen LogP contribution in [0, 0.1) is 12.7 Å². The Bertz CT molecular complexity index is 418. The van der Waals surface area contributed by atoms with E-state index in [1.165, 1.54) is 7.11 Å². The van der Waals surface area contributed by atoms with Gasteiger partial charge in [-0.3, -0.25) is 4.79 Å². The van der Waals surface area contributed by atoms with Crippen LogP contribution in [0.5, 0.6) is 11.5 Å². The van der Waals surface area contributed by atoms with E-state index in [-0.39, 0.29) is 30.1 Å². The first kappa shape index (κ1) is 12.4. The summed E-state index contributed by atoms with van der Waals surface area (Å²) in [5, 5.41) is 9.72. The van der Waals surface area contributed by atoms with Crippen molar-refractivity contribution >= 4 is 5.78 Å². The third-order valence-electron chi connectivity index (χ3n) is 2.26. The standard InChI is InChI=1S/C11H14FNO3/c1-6-5-7(12)11(16-2)10(15)9(6)8(14)3-4-13/h5,15H,3-4,13H2,1-2H3. The van der Waals surface area contributed by atoms with Gasteiger partial charge in [-0.15, -0.1) is 0 Å². The van der Waals surface area contributed by atoms with Crippen LogP contribution in [0.4, 0.5) is 4.39 Å². The number of halogens is 1. The summed E-state index contributed by atoms with van der Waals surface area (Å²) in [7, 11) is 1.23. The van der Waals surface area contributed by atoms with E-state index in [4.69, 9.17) is 10.5 Å². The van der Waals surface area contributed by atoms with Crippen LogP contribution in [0.3, 0.4) is 0 Å². The van der Waals surface area contributed by atoms with Crippen LogP contribution >= 0.6 is 0 Å². The zero-order valence-corrected chi connectivity index (χ0v) is 9.21. The number of hydrogen-bond acceptors (Lipinski definition) is 4. The first-order valence-electron chi connectivity index (χ1n) is 4.82. The molecule has 0 amide bonds. The third kappa shape index (κ3) is 2.14. The van der Waals surface area contributed by atoms with E-state index in [1.54, 1.807) is 6.92 Å². The average Bonchev–Trinajstić information content (AvgIpc) is 2.17. The van der Waals surface area contributed by atoms with E-state index < -0.39 is 11.6 Å². The summed E-state index contributed by atoms with van der Waals surface area (Å²) in [5.74, 6) is -1.79. The minimum absolute atomic E-state index is 0.0729. The van der Waals surface area contributed by atoms with Gasteiger partial charge in [0, 0.05) is 6.42 Å². The van der Waals surface area contributed by atoms with Gasteiger partial charge in [-0.25, -0.2) is 4.39 Å². The van der Waals surface area contributed by atoms with Gasteiger partial charge in [0.2, 0.25) is 0 Å². The number of phenols is 1. The second-order valence-electron chi connectivity index (χ2n) is 3.39. The van der Waals surface area contributed by atoms with Crippen molar-refractivity contribution in [2.45, 2.75) is 13.3 Å². The summed E-state index contributed by atoms with van der Waals surface area (Å²) in [6, 6.07) is 1.16. The van der Waals surface area contributed by atoms with Crippen molar-refractivity contribution < 1.29 is 19.0 Å². The Hall–Kier alpha value is -1.62. The molecule has 1 rings (SSSR count). The summed E-state index contributed by atoms with van der Waals surface area (Å²) < 4.78 is 18.0. The summed E-state index contributed by atoms with van der Waals surface area (Å²) >= 11 is 0. The van der Waals surface area contributed by atoms with E-state index in [0.29, 0.717) is 5.56 Å². The Labute approximate surface area is 92.8 Å². The molecule has 0 saturated heterocycles. The van der Waals surface area contributed by atoms with Gasteiger partial charge in [0.15, 0.2) is 23.1 Å². The van der Waals surface area contributed by atoms with Crippen molar-refractivity contribution in [3.05, 3.63) is 23.0 Å². The van der Waals surface area contributed by atoms with E-state index in [2.05, 4.69) is 0 Å². The maximum Gasteiger partial charge on any atom is 0.197 e. The maximum atomic E-state index is 13.3. The number of ketones is 1. The Balaban J connectivity index is 3.33. The van der Waals surface area contributed by atoms with E-state index in [9.17, 15) is 14.3 Å². The van der Waals surface area contributed by atoms with Crippen molar-refractivity contribution in [1.82, 2.24) is 0 Å². The van der Waals surface area contributed by atoms with Gasteiger partial charge in [-0.1, -0.05) is 0 Å². The number of Topliss-reactive ketones (excluding diaryl/α,β-unsaturated/α-hetero) is 1. The lowest BCUT2D eigenvalue weighted by Crippen LogP contribution is -2.10. The molecule has 5 heteroatoms. The Morgan fingerprint density at radius 1 is 1.62 bits per heavy atom. The molecule has 0 radical (unpaired) electrons. The number of ether oxygens (including phenoxy) is 1. The van der Waals surface area contributed by atoms with Crippen LogP contribution in [-0.4, -0.2) is 24.5 Å². The Kier molecular flexibility index (Phi) is 3.84. The van der Waals surface area contributed by atoms with Gasteiger partial charge in [-0.2, -0.15) is 0 Å². The fraction of sp³-hybridized carbons (Fsp3) is 0.364. The first-order valence-corrected chi connectivity index (χ1v) is 4.82. The first-order chi connectivity index (χ1) is 7.52. The van der Waals surface area contributed by atoms with Crippen LogP contribution in [0.15, 0.2) is 6.07 Å². The smallest absolute Gasteiger partial charge is 0.197 e. The molecule has 0 heterocycles. The molecule has 1 aromatic rings. The van der Waals surface area contributed by atoms with E-state index >= 15 is 0 Å². The van der Waals surface area contributed by atoms with Gasteiger partial charge >= 0.3 is 0 Å². The minimum Gasteiger partial charge on any atom is -0.504 e. The molecule has 0 spiro atoms. The molecule has 0 unspecified atom stereocenters. The molecule has 3 N–H and O–H groups in total. The highest BCUT2D eigenvalue weighted by atomic mass is 19.1. The van der Waals surface area contributed by atoms with Crippen LogP contribution in [0.1, 0.15) is 22.3 Å². The number of rotatable bonds is 4. The number of hydrogen-bond donors (Lipinski definition) is 2. The molecular formula is C11H14FNO3. The van der Waals surface area contributed by atoms with Crippen LogP contribution in [-0.2, 0) is 0 Å². The van der Waals surface area contributed by atoms with Crippen molar-refractivity contribution in [2.75, 3.05) is 13.7 Å². The zero-order valence-electron chi connectivity index (χ0n) is 9.21. The summed E-state index contributed by atoms with van der Waals surface area (Å²) in [6.45, 7) is 1.73. The molecule has 4 nitrogen and oxygen atoms in total. The van der Waals surface area contributed by atoms with Gasteiger partial charge in [0.25, 0.3) is 0 Å². The molecule has 0 aliphatic carbocycles. The number of methoxy groups -OCH3 is 1. The molecule has 0 aliphatic heterocycles. The zero-order chi connectivity index (χ0) is 12.3. The molecular weight excluding hydrogens is 213 g/mol. The normalized spacial score (nSPS) is 10.2. The maximum absolute atomic E-state index is 13.3. The molecule has 0 fully saturated rings. The van der Waals surface area contributed by atoms with Crippen LogP contribution < -0.4 is 10.5 Å². The molecule has 0 saturated carbocycles. The highest BCUT2D eigenvalue weighted by molar-refractivity contribution is 6.00. The number of benzene rings is 1. The second-order valence-corrected chi connectivity index (χ2v) is 3.39. The lowest BCUT2D eigenvalue weighted by molar-refractivity contribution is 0.0981. The van der Waals surface area contributed by atoms with Crippen LogP contribution in [0.2, 0.25) is 0 Å². The number of phenolic OH excluding ortho intramolecular Hbond substituents is 1. The molecule has 1 aromatic carbocycles. The lowest BCUT2D eigenvalue weighted by atomic mass is 10.0. The second kappa shape index (κ2) is 4.94. The number of aromatic hydroxyl groups is 1. The molecule has 0 aromatic heterocycles. The summed E-state index contributed by atoms with van der Waals surface area (Å²) in [5.41, 5.74) is 5.70. The van der Waals surface area contributed by atoms with Crippen molar-refractivity contribution in [2.24, 2.45) is 5.73 Å². The molecule has 88 valence electrons. The topological polar surface area (TPSA) is 72.5 Å². The SMILES string of the molecule is COc1c(F)cc(C)c(C(=O)CCN)c1O. The van der Waals surface area contributed by atoms with E-state index in [0.717, 1.165) is 6.07 Å². The number of aryl methyl sites for hydroxylation is 1. The highest BCUT2D eigenvalue weighted by Crippen LogP contribution is 2.35. The monoisotopic (exact) mass is 227 g/mol. The molecule has 0 aliphatic rings. The van der Waals surface area contributed by atoms with Gasteiger partial charge in [0.05, 0.1) is 12.7 Å². The fourth-order valence-electron chi connectivity index (χ4n) is 1.54. The van der Waals surface area contributed by atoms with Crippen molar-refractivity contribution in [1.29, 1.82) is 0 Å². The molecule has 0 atom stereocenters. The predicted molar refractivity (Wildman–Crippen MR) is 57.4 cm³/mol. The Morgan fingerprint density at radius 2 is 2.25 bits per heavy atom. The minimum atomic E-state index is -0.693. The number of carbonyl (C=O) groups is 1. The number of nitrogens with two attached hydrogens (primary N) is 1. The summed E-state index contributed by atoms with van der Waals surface area (Å²) in [6.07, 6.45) is 0.100. The van der Waals surface area contributed by atoms with Crippen molar-refractivity contribution in [3.63, 3.8) is 0 Å². The third-order valence-corrected chi connectivity index (χ3v) is 2.26. The molecule has 0 bridgehead atoms. The fourth-order valence-corrected chi connectivity index (χ4v) is 1.54. The summed E-state index contributed by atoms with van der Waals surface area (Å²) in [4.78, 5) is 11.6. The van der Waals surface area contributed by atoms with Crippen LogP contribution in [0.25, 0.3) is 0 Å².